The van der Waals surface area contributed by atoms with Crippen LogP contribution < -0.4 is 5.73 Å². The van der Waals surface area contributed by atoms with Crippen LogP contribution in [0.25, 0.3) is 0 Å². The van der Waals surface area contributed by atoms with E-state index in [4.69, 9.17) is 5.73 Å². The van der Waals surface area contributed by atoms with Crippen molar-refractivity contribution in [2.24, 2.45) is 11.1 Å². The molecule has 92 valence electrons. The number of rotatable bonds is 3. The van der Waals surface area contributed by atoms with Crippen molar-refractivity contribution < 1.29 is 10.2 Å². The molecule has 0 aliphatic carbocycles. The zero-order valence-corrected chi connectivity index (χ0v) is 10.7. The lowest BCUT2D eigenvalue weighted by Gasteiger charge is -2.30. The van der Waals surface area contributed by atoms with Gasteiger partial charge in [-0.05, 0) is 12.5 Å². The molecule has 0 radical (unpaired) electrons. The third-order valence-corrected chi connectivity index (χ3v) is 2.85. The van der Waals surface area contributed by atoms with Crippen molar-refractivity contribution in [3.63, 3.8) is 0 Å². The Morgan fingerprint density at radius 3 is 2.44 bits per heavy atom. The molecule has 0 fully saturated rings. The van der Waals surface area contributed by atoms with Gasteiger partial charge in [0.05, 0.1) is 0 Å². The fourth-order valence-corrected chi connectivity index (χ4v) is 1.45. The molecule has 1 atom stereocenters. The van der Waals surface area contributed by atoms with Crippen molar-refractivity contribution in [2.75, 3.05) is 6.61 Å². The highest BCUT2D eigenvalue weighted by Gasteiger charge is 2.28. The summed E-state index contributed by atoms with van der Waals surface area (Å²) >= 11 is 0. The van der Waals surface area contributed by atoms with E-state index in [0.717, 1.165) is 5.56 Å². The standard InChI is InChI=1S/C12H19NO2.ClH/c1-8-5-4-6-9(10(8)15)11(13)12(2,3)7-14;/h4-6,11,14-15H,7,13H2,1-3H3;1H/t11-;/m0./s1. The summed E-state index contributed by atoms with van der Waals surface area (Å²) in [7, 11) is 0. The molecule has 0 aliphatic rings. The number of para-hydroxylation sites is 1. The highest BCUT2D eigenvalue weighted by atomic mass is 35.5. The predicted octanol–water partition coefficient (Wildman–Crippen LogP) is 2.14. The zero-order valence-electron chi connectivity index (χ0n) is 9.90. The Kier molecular flexibility index (Phi) is 5.26. The second-order valence-corrected chi connectivity index (χ2v) is 4.64. The van der Waals surface area contributed by atoms with Crippen molar-refractivity contribution in [3.8, 4) is 5.75 Å². The first kappa shape index (κ1) is 15.2. The quantitative estimate of drug-likeness (QED) is 0.765. The molecule has 4 N–H and O–H groups in total. The predicted molar refractivity (Wildman–Crippen MR) is 67.9 cm³/mol. The van der Waals surface area contributed by atoms with Crippen molar-refractivity contribution >= 4 is 12.4 Å². The Labute approximate surface area is 103 Å². The van der Waals surface area contributed by atoms with Crippen LogP contribution >= 0.6 is 12.4 Å². The van der Waals surface area contributed by atoms with Gasteiger partial charge in [-0.25, -0.2) is 0 Å². The topological polar surface area (TPSA) is 66.5 Å². The summed E-state index contributed by atoms with van der Waals surface area (Å²) in [6.45, 7) is 5.57. The fourth-order valence-electron chi connectivity index (χ4n) is 1.45. The van der Waals surface area contributed by atoms with E-state index in [1.54, 1.807) is 6.07 Å². The Balaban J connectivity index is 0.00000225. The number of phenols is 1. The zero-order chi connectivity index (χ0) is 11.6. The molecular formula is C12H20ClNO2. The van der Waals surface area contributed by atoms with E-state index in [-0.39, 0.29) is 30.8 Å². The number of aromatic hydroxyl groups is 1. The molecule has 0 saturated carbocycles. The van der Waals surface area contributed by atoms with Gasteiger partial charge in [-0.2, -0.15) is 0 Å². The van der Waals surface area contributed by atoms with Gasteiger partial charge in [0.15, 0.2) is 0 Å². The van der Waals surface area contributed by atoms with Crippen LogP contribution in [0.5, 0.6) is 5.75 Å². The first-order valence-corrected chi connectivity index (χ1v) is 5.05. The van der Waals surface area contributed by atoms with Gasteiger partial charge in [-0.15, -0.1) is 12.4 Å². The molecule has 0 heterocycles. The molecule has 1 aromatic carbocycles. The van der Waals surface area contributed by atoms with E-state index in [1.165, 1.54) is 0 Å². The maximum atomic E-state index is 9.87. The van der Waals surface area contributed by atoms with Crippen molar-refractivity contribution in [1.29, 1.82) is 0 Å². The van der Waals surface area contributed by atoms with Crippen LogP contribution in [0.1, 0.15) is 31.0 Å². The van der Waals surface area contributed by atoms with Crippen LogP contribution in [0.2, 0.25) is 0 Å². The Bertz CT molecular complexity index is 353. The average Bonchev–Trinajstić information content (AvgIpc) is 2.21. The molecular weight excluding hydrogens is 226 g/mol. The van der Waals surface area contributed by atoms with E-state index in [0.29, 0.717) is 5.56 Å². The monoisotopic (exact) mass is 245 g/mol. The Hall–Kier alpha value is -0.770. The number of aryl methyl sites for hydroxylation is 1. The second-order valence-electron chi connectivity index (χ2n) is 4.64. The Morgan fingerprint density at radius 2 is 1.94 bits per heavy atom. The van der Waals surface area contributed by atoms with Crippen molar-refractivity contribution in [1.82, 2.24) is 0 Å². The number of halogens is 1. The number of hydrogen-bond acceptors (Lipinski definition) is 3. The lowest BCUT2D eigenvalue weighted by Crippen LogP contribution is -2.32. The highest BCUT2D eigenvalue weighted by Crippen LogP contribution is 2.36. The lowest BCUT2D eigenvalue weighted by atomic mass is 9.81. The van der Waals surface area contributed by atoms with Crippen molar-refractivity contribution in [3.05, 3.63) is 29.3 Å². The first-order chi connectivity index (χ1) is 6.90. The number of hydrogen-bond donors (Lipinski definition) is 3. The molecule has 1 rings (SSSR count). The molecule has 4 heteroatoms. The maximum Gasteiger partial charge on any atom is 0.123 e. The SMILES string of the molecule is Cc1cccc([C@H](N)C(C)(C)CO)c1O.Cl. The van der Waals surface area contributed by atoms with Gasteiger partial charge >= 0.3 is 0 Å². The molecule has 0 saturated heterocycles. The largest absolute Gasteiger partial charge is 0.507 e. The lowest BCUT2D eigenvalue weighted by molar-refractivity contribution is 0.131. The number of nitrogens with two attached hydrogens (primary N) is 1. The summed E-state index contributed by atoms with van der Waals surface area (Å²) in [5.74, 6) is 0.228. The van der Waals surface area contributed by atoms with E-state index in [2.05, 4.69) is 0 Å². The number of phenolic OH excluding ortho intramolecular Hbond substituents is 1. The van der Waals surface area contributed by atoms with Crippen molar-refractivity contribution in [2.45, 2.75) is 26.8 Å². The molecule has 0 unspecified atom stereocenters. The summed E-state index contributed by atoms with van der Waals surface area (Å²) in [5.41, 5.74) is 7.09. The minimum Gasteiger partial charge on any atom is -0.507 e. The molecule has 0 amide bonds. The fraction of sp³-hybridized carbons (Fsp3) is 0.500. The third kappa shape index (κ3) is 2.88. The van der Waals surface area contributed by atoms with Crippen LogP contribution in [-0.4, -0.2) is 16.8 Å². The molecule has 0 bridgehead atoms. The number of aliphatic hydroxyl groups is 1. The Morgan fingerprint density at radius 1 is 1.38 bits per heavy atom. The minimum absolute atomic E-state index is 0. The molecule has 3 nitrogen and oxygen atoms in total. The van der Waals surface area contributed by atoms with Crippen LogP contribution in [0.3, 0.4) is 0 Å². The molecule has 0 spiro atoms. The molecule has 0 aromatic heterocycles. The number of aliphatic hydroxyl groups excluding tert-OH is 1. The molecule has 1 aromatic rings. The van der Waals surface area contributed by atoms with Gasteiger partial charge in [-0.1, -0.05) is 32.0 Å². The summed E-state index contributed by atoms with van der Waals surface area (Å²) < 4.78 is 0. The van der Waals surface area contributed by atoms with Gasteiger partial charge in [0.25, 0.3) is 0 Å². The van der Waals surface area contributed by atoms with E-state index in [1.807, 2.05) is 32.9 Å². The summed E-state index contributed by atoms with van der Waals surface area (Å²) in [6.07, 6.45) is 0. The first-order valence-electron chi connectivity index (χ1n) is 5.05. The average molecular weight is 246 g/mol. The van der Waals surface area contributed by atoms with E-state index >= 15 is 0 Å². The van der Waals surface area contributed by atoms with E-state index in [9.17, 15) is 10.2 Å². The van der Waals surface area contributed by atoms with Crippen LogP contribution in [-0.2, 0) is 0 Å². The van der Waals surface area contributed by atoms with Crippen LogP contribution in [0.15, 0.2) is 18.2 Å². The summed E-state index contributed by atoms with van der Waals surface area (Å²) in [5, 5.41) is 19.1. The molecule has 0 aliphatic heterocycles. The highest BCUT2D eigenvalue weighted by molar-refractivity contribution is 5.85. The summed E-state index contributed by atoms with van der Waals surface area (Å²) in [6, 6.07) is 5.11. The van der Waals surface area contributed by atoms with Gasteiger partial charge in [0.2, 0.25) is 0 Å². The van der Waals surface area contributed by atoms with Crippen LogP contribution in [0.4, 0.5) is 0 Å². The number of benzene rings is 1. The van der Waals surface area contributed by atoms with Crippen LogP contribution in [0, 0.1) is 12.3 Å². The summed E-state index contributed by atoms with van der Waals surface area (Å²) in [4.78, 5) is 0. The van der Waals surface area contributed by atoms with Gasteiger partial charge in [0, 0.05) is 23.6 Å². The minimum atomic E-state index is -0.439. The van der Waals surface area contributed by atoms with E-state index < -0.39 is 5.41 Å². The second kappa shape index (κ2) is 5.53. The normalized spacial score (nSPS) is 13.1. The van der Waals surface area contributed by atoms with Gasteiger partial charge < -0.3 is 15.9 Å². The maximum absolute atomic E-state index is 9.87. The third-order valence-electron chi connectivity index (χ3n) is 2.85. The van der Waals surface area contributed by atoms with Gasteiger partial charge in [-0.3, -0.25) is 0 Å². The molecule has 16 heavy (non-hydrogen) atoms. The van der Waals surface area contributed by atoms with Gasteiger partial charge in [0.1, 0.15) is 5.75 Å². The smallest absolute Gasteiger partial charge is 0.123 e.